The minimum absolute atomic E-state index is 0.0633. The van der Waals surface area contributed by atoms with Gasteiger partial charge in [0, 0.05) is 32.0 Å². The Balaban J connectivity index is 1.81. The predicted molar refractivity (Wildman–Crippen MR) is 79.6 cm³/mol. The molecule has 120 valence electrons. The molecule has 2 amide bonds. The van der Waals surface area contributed by atoms with Crippen LogP contribution in [0, 0.1) is 11.8 Å². The van der Waals surface area contributed by atoms with Crippen molar-refractivity contribution in [3.05, 3.63) is 0 Å². The second-order valence-corrected chi connectivity index (χ2v) is 6.09. The molecule has 2 fully saturated rings. The Bertz CT molecular complexity index is 356. The predicted octanol–water partition coefficient (Wildman–Crippen LogP) is -0.277. The highest BCUT2D eigenvalue weighted by Crippen LogP contribution is 2.23. The second-order valence-electron chi connectivity index (χ2n) is 6.09. The second kappa shape index (κ2) is 8.34. The Kier molecular flexibility index (Phi) is 6.45. The van der Waals surface area contributed by atoms with Crippen LogP contribution in [0.25, 0.3) is 0 Å². The summed E-state index contributed by atoms with van der Waals surface area (Å²) in [6.45, 7) is 3.96. The lowest BCUT2D eigenvalue weighted by Crippen LogP contribution is -2.46. The number of nitrogens with zero attached hydrogens (tertiary/aromatic N) is 1. The fourth-order valence-corrected chi connectivity index (χ4v) is 3.26. The van der Waals surface area contributed by atoms with Crippen molar-refractivity contribution in [1.29, 1.82) is 0 Å². The lowest BCUT2D eigenvalue weighted by Gasteiger charge is -2.35. The van der Waals surface area contributed by atoms with E-state index < -0.39 is 0 Å². The van der Waals surface area contributed by atoms with Gasteiger partial charge in [-0.15, -0.1) is 0 Å². The Labute approximate surface area is 126 Å². The number of rotatable bonds is 6. The maximum Gasteiger partial charge on any atom is 0.226 e. The highest BCUT2D eigenvalue weighted by atomic mass is 16.3. The van der Waals surface area contributed by atoms with Crippen molar-refractivity contribution in [2.45, 2.75) is 32.1 Å². The van der Waals surface area contributed by atoms with E-state index in [1.54, 1.807) is 0 Å². The van der Waals surface area contributed by atoms with Crippen LogP contribution in [0.3, 0.4) is 0 Å². The average Bonchev–Trinajstić information content (AvgIpc) is 2.50. The van der Waals surface area contributed by atoms with E-state index in [9.17, 15) is 9.59 Å². The average molecular weight is 297 g/mol. The van der Waals surface area contributed by atoms with Gasteiger partial charge in [0.1, 0.15) is 0 Å². The number of carbonyl (C=O) groups excluding carboxylic acids is 2. The maximum absolute atomic E-state index is 12.5. The molecular formula is C15H27N3O3. The van der Waals surface area contributed by atoms with Gasteiger partial charge in [-0.1, -0.05) is 0 Å². The van der Waals surface area contributed by atoms with Crippen molar-refractivity contribution < 1.29 is 14.7 Å². The van der Waals surface area contributed by atoms with Crippen LogP contribution >= 0.6 is 0 Å². The monoisotopic (exact) mass is 297 g/mol. The molecule has 0 radical (unpaired) electrons. The van der Waals surface area contributed by atoms with Gasteiger partial charge in [-0.05, 0) is 44.7 Å². The van der Waals surface area contributed by atoms with Crippen molar-refractivity contribution in [3.63, 3.8) is 0 Å². The van der Waals surface area contributed by atoms with E-state index in [0.717, 1.165) is 51.9 Å². The lowest BCUT2D eigenvalue weighted by molar-refractivity contribution is -0.142. The quantitative estimate of drug-likeness (QED) is 0.630. The highest BCUT2D eigenvalue weighted by molar-refractivity contribution is 5.86. The van der Waals surface area contributed by atoms with Gasteiger partial charge >= 0.3 is 0 Å². The molecule has 2 rings (SSSR count). The summed E-state index contributed by atoms with van der Waals surface area (Å²) in [6.07, 6.45) is 4.29. The Hall–Kier alpha value is -1.14. The van der Waals surface area contributed by atoms with Gasteiger partial charge in [0.05, 0.1) is 6.61 Å². The molecule has 1 unspecified atom stereocenters. The molecule has 1 atom stereocenters. The molecule has 2 saturated heterocycles. The van der Waals surface area contributed by atoms with Gasteiger partial charge < -0.3 is 20.6 Å². The molecule has 2 aliphatic heterocycles. The van der Waals surface area contributed by atoms with E-state index in [2.05, 4.69) is 10.6 Å². The first-order valence-corrected chi connectivity index (χ1v) is 8.07. The molecule has 0 aliphatic carbocycles. The van der Waals surface area contributed by atoms with E-state index in [-0.39, 0.29) is 37.3 Å². The number of aliphatic hydroxyl groups is 1. The van der Waals surface area contributed by atoms with E-state index >= 15 is 0 Å². The van der Waals surface area contributed by atoms with E-state index in [1.165, 1.54) is 0 Å². The first-order valence-electron chi connectivity index (χ1n) is 8.07. The highest BCUT2D eigenvalue weighted by Gasteiger charge is 2.31. The molecular weight excluding hydrogens is 270 g/mol. The molecule has 6 nitrogen and oxygen atoms in total. The Morgan fingerprint density at radius 3 is 2.81 bits per heavy atom. The number of hydrogen-bond donors (Lipinski definition) is 3. The summed E-state index contributed by atoms with van der Waals surface area (Å²) < 4.78 is 0. The fourth-order valence-electron chi connectivity index (χ4n) is 3.26. The molecule has 6 heteroatoms. The minimum Gasteiger partial charge on any atom is -0.395 e. The summed E-state index contributed by atoms with van der Waals surface area (Å²) in [5, 5.41) is 14.7. The summed E-state index contributed by atoms with van der Waals surface area (Å²) in [4.78, 5) is 26.2. The molecule has 0 saturated carbocycles. The maximum atomic E-state index is 12.5. The molecule has 0 aromatic heterocycles. The zero-order valence-corrected chi connectivity index (χ0v) is 12.6. The number of hydrogen-bond acceptors (Lipinski definition) is 4. The standard InChI is InChI=1S/C15H27N3O3/c19-9-7-17-14(20)10-13-2-1-8-18(15(13)21)11-12-3-5-16-6-4-12/h12-13,16,19H,1-11H2,(H,17,20). The number of likely N-dealkylation sites (tertiary alicyclic amines) is 1. The molecule has 2 aliphatic rings. The molecule has 3 N–H and O–H groups in total. The van der Waals surface area contributed by atoms with Crippen LogP contribution in [0.2, 0.25) is 0 Å². The first-order chi connectivity index (χ1) is 10.2. The van der Waals surface area contributed by atoms with E-state index in [4.69, 9.17) is 5.11 Å². The third kappa shape index (κ3) is 4.97. The Morgan fingerprint density at radius 2 is 2.10 bits per heavy atom. The van der Waals surface area contributed by atoms with Gasteiger partial charge in [0.25, 0.3) is 0 Å². The zero-order chi connectivity index (χ0) is 15.1. The third-order valence-corrected chi connectivity index (χ3v) is 4.44. The van der Waals surface area contributed by atoms with Crippen molar-refractivity contribution in [1.82, 2.24) is 15.5 Å². The van der Waals surface area contributed by atoms with Gasteiger partial charge in [-0.3, -0.25) is 9.59 Å². The number of piperidine rings is 2. The molecule has 0 spiro atoms. The van der Waals surface area contributed by atoms with Crippen LogP contribution in [-0.2, 0) is 9.59 Å². The van der Waals surface area contributed by atoms with Crippen LogP contribution in [0.1, 0.15) is 32.1 Å². The molecule has 21 heavy (non-hydrogen) atoms. The van der Waals surface area contributed by atoms with Crippen LogP contribution in [0.15, 0.2) is 0 Å². The molecule has 2 heterocycles. The van der Waals surface area contributed by atoms with Gasteiger partial charge in [-0.25, -0.2) is 0 Å². The van der Waals surface area contributed by atoms with Gasteiger partial charge in [-0.2, -0.15) is 0 Å². The van der Waals surface area contributed by atoms with Crippen LogP contribution in [-0.4, -0.2) is 61.2 Å². The summed E-state index contributed by atoms with van der Waals surface area (Å²) in [6, 6.07) is 0. The third-order valence-electron chi connectivity index (χ3n) is 4.44. The normalized spacial score (nSPS) is 24.1. The van der Waals surface area contributed by atoms with E-state index in [1.807, 2.05) is 4.90 Å². The van der Waals surface area contributed by atoms with Gasteiger partial charge in [0.2, 0.25) is 11.8 Å². The van der Waals surface area contributed by atoms with Crippen molar-refractivity contribution in [3.8, 4) is 0 Å². The molecule has 0 aromatic carbocycles. The molecule has 0 aromatic rings. The SMILES string of the molecule is O=C(CC1CCCN(CC2CCNCC2)C1=O)NCCO. The summed E-state index contributed by atoms with van der Waals surface area (Å²) in [5.41, 5.74) is 0. The number of nitrogens with one attached hydrogen (secondary N) is 2. The molecule has 0 bridgehead atoms. The van der Waals surface area contributed by atoms with Crippen molar-refractivity contribution >= 4 is 11.8 Å². The first kappa shape index (κ1) is 16.2. The van der Waals surface area contributed by atoms with Crippen LogP contribution in [0.5, 0.6) is 0 Å². The number of aliphatic hydroxyl groups excluding tert-OH is 1. The lowest BCUT2D eigenvalue weighted by atomic mass is 9.91. The van der Waals surface area contributed by atoms with Gasteiger partial charge in [0.15, 0.2) is 0 Å². The topological polar surface area (TPSA) is 81.7 Å². The number of amides is 2. The van der Waals surface area contributed by atoms with E-state index in [0.29, 0.717) is 5.92 Å². The zero-order valence-electron chi connectivity index (χ0n) is 12.6. The summed E-state index contributed by atoms with van der Waals surface area (Å²) in [7, 11) is 0. The minimum atomic E-state index is -0.181. The van der Waals surface area contributed by atoms with Crippen molar-refractivity contribution in [2.75, 3.05) is 39.3 Å². The van der Waals surface area contributed by atoms with Crippen LogP contribution in [0.4, 0.5) is 0 Å². The fraction of sp³-hybridized carbons (Fsp3) is 0.867. The number of carbonyl (C=O) groups is 2. The summed E-state index contributed by atoms with van der Waals surface area (Å²) >= 11 is 0. The summed E-state index contributed by atoms with van der Waals surface area (Å²) in [5.74, 6) is 0.418. The van der Waals surface area contributed by atoms with Crippen molar-refractivity contribution in [2.24, 2.45) is 11.8 Å². The largest absolute Gasteiger partial charge is 0.395 e. The van der Waals surface area contributed by atoms with Crippen LogP contribution < -0.4 is 10.6 Å². The Morgan fingerprint density at radius 1 is 1.33 bits per heavy atom. The smallest absolute Gasteiger partial charge is 0.226 e.